The summed E-state index contributed by atoms with van der Waals surface area (Å²) >= 11 is 0. The first-order valence-electron chi connectivity index (χ1n) is 5.84. The molecular formula is C12H13N3O4. The Morgan fingerprint density at radius 2 is 2.00 bits per heavy atom. The molecular weight excluding hydrogens is 250 g/mol. The molecule has 1 aromatic rings. The fraction of sp³-hybridized carbons (Fsp3) is 0.333. The Hall–Kier alpha value is -2.44. The van der Waals surface area contributed by atoms with E-state index in [2.05, 4.69) is 0 Å². The van der Waals surface area contributed by atoms with Crippen LogP contribution in [0.15, 0.2) is 16.9 Å². The van der Waals surface area contributed by atoms with E-state index in [-0.39, 0.29) is 17.9 Å². The van der Waals surface area contributed by atoms with Crippen molar-refractivity contribution in [2.24, 2.45) is 5.73 Å². The van der Waals surface area contributed by atoms with E-state index in [1.54, 1.807) is 0 Å². The van der Waals surface area contributed by atoms with Crippen LogP contribution in [0.25, 0.3) is 0 Å². The van der Waals surface area contributed by atoms with E-state index in [9.17, 15) is 19.2 Å². The zero-order chi connectivity index (χ0) is 14.0. The SMILES string of the molecule is NC(=O)NC(=O)Cn1c2c(ccc1=O)C(=O)CCC2. The number of rotatable bonds is 2. The molecule has 1 heterocycles. The zero-order valence-electron chi connectivity index (χ0n) is 10.1. The first-order chi connectivity index (χ1) is 8.99. The lowest BCUT2D eigenvalue weighted by molar-refractivity contribution is -0.120. The maximum absolute atomic E-state index is 11.8. The lowest BCUT2D eigenvalue weighted by Crippen LogP contribution is -2.40. The second-order valence-corrected chi connectivity index (χ2v) is 4.31. The van der Waals surface area contributed by atoms with E-state index in [1.807, 2.05) is 5.32 Å². The molecule has 0 aliphatic heterocycles. The predicted octanol–water partition coefficient (Wildman–Crippen LogP) is -0.438. The minimum absolute atomic E-state index is 0.0368. The molecule has 0 atom stereocenters. The number of nitrogens with zero attached hydrogens (tertiary/aromatic N) is 1. The first-order valence-corrected chi connectivity index (χ1v) is 5.84. The van der Waals surface area contributed by atoms with Crippen LogP contribution in [0.3, 0.4) is 0 Å². The van der Waals surface area contributed by atoms with Gasteiger partial charge in [-0.2, -0.15) is 0 Å². The smallest absolute Gasteiger partial charge is 0.318 e. The zero-order valence-corrected chi connectivity index (χ0v) is 10.1. The molecule has 1 aromatic heterocycles. The van der Waals surface area contributed by atoms with Gasteiger partial charge in [-0.3, -0.25) is 19.7 Å². The number of fused-ring (bicyclic) bond motifs is 1. The van der Waals surface area contributed by atoms with Crippen molar-refractivity contribution >= 4 is 17.7 Å². The number of ketones is 1. The highest BCUT2D eigenvalue weighted by atomic mass is 16.2. The van der Waals surface area contributed by atoms with Crippen molar-refractivity contribution < 1.29 is 14.4 Å². The number of nitrogens with one attached hydrogen (secondary N) is 1. The average Bonchev–Trinajstić information content (AvgIpc) is 2.32. The van der Waals surface area contributed by atoms with E-state index in [4.69, 9.17) is 5.73 Å². The van der Waals surface area contributed by atoms with E-state index in [0.29, 0.717) is 30.5 Å². The monoisotopic (exact) mass is 263 g/mol. The third-order valence-electron chi connectivity index (χ3n) is 2.98. The molecule has 1 aliphatic rings. The molecule has 0 bridgehead atoms. The van der Waals surface area contributed by atoms with Gasteiger partial charge >= 0.3 is 6.03 Å². The fourth-order valence-corrected chi connectivity index (χ4v) is 2.19. The van der Waals surface area contributed by atoms with Crippen molar-refractivity contribution in [3.8, 4) is 0 Å². The highest BCUT2D eigenvalue weighted by Gasteiger charge is 2.21. The molecule has 0 aromatic carbocycles. The van der Waals surface area contributed by atoms with Gasteiger partial charge in [0.05, 0.1) is 0 Å². The van der Waals surface area contributed by atoms with Crippen molar-refractivity contribution in [3.05, 3.63) is 33.7 Å². The van der Waals surface area contributed by atoms with E-state index < -0.39 is 11.9 Å². The molecule has 7 heteroatoms. The number of urea groups is 1. The van der Waals surface area contributed by atoms with Crippen LogP contribution >= 0.6 is 0 Å². The van der Waals surface area contributed by atoms with Gasteiger partial charge in [0, 0.05) is 23.7 Å². The Morgan fingerprint density at radius 1 is 1.26 bits per heavy atom. The van der Waals surface area contributed by atoms with Crippen molar-refractivity contribution in [2.75, 3.05) is 0 Å². The van der Waals surface area contributed by atoms with Crippen molar-refractivity contribution in [3.63, 3.8) is 0 Å². The van der Waals surface area contributed by atoms with Gasteiger partial charge in [-0.1, -0.05) is 0 Å². The Morgan fingerprint density at radius 3 is 2.68 bits per heavy atom. The van der Waals surface area contributed by atoms with Crippen LogP contribution in [-0.2, 0) is 17.8 Å². The number of imide groups is 1. The number of hydrogen-bond donors (Lipinski definition) is 2. The van der Waals surface area contributed by atoms with Gasteiger partial charge in [0.25, 0.3) is 5.56 Å². The number of nitrogens with two attached hydrogens (primary N) is 1. The quantitative estimate of drug-likeness (QED) is 0.753. The molecule has 0 fully saturated rings. The highest BCUT2D eigenvalue weighted by Crippen LogP contribution is 2.19. The number of carbonyl (C=O) groups is 3. The van der Waals surface area contributed by atoms with Crippen LogP contribution in [0.1, 0.15) is 28.9 Å². The number of aromatic nitrogens is 1. The van der Waals surface area contributed by atoms with Crippen LogP contribution in [0.2, 0.25) is 0 Å². The molecule has 0 unspecified atom stereocenters. The van der Waals surface area contributed by atoms with Gasteiger partial charge in [-0.05, 0) is 18.9 Å². The molecule has 7 nitrogen and oxygen atoms in total. The third kappa shape index (κ3) is 2.70. The van der Waals surface area contributed by atoms with Crippen molar-refractivity contribution in [1.29, 1.82) is 0 Å². The summed E-state index contributed by atoms with van der Waals surface area (Å²) in [6, 6.07) is 1.76. The summed E-state index contributed by atoms with van der Waals surface area (Å²) in [5.41, 5.74) is 5.47. The summed E-state index contributed by atoms with van der Waals surface area (Å²) in [7, 11) is 0. The lowest BCUT2D eigenvalue weighted by atomic mass is 9.94. The van der Waals surface area contributed by atoms with Gasteiger partial charge in [-0.25, -0.2) is 4.79 Å². The maximum atomic E-state index is 11.8. The Labute approximate surface area is 108 Å². The highest BCUT2D eigenvalue weighted by molar-refractivity contribution is 5.98. The molecule has 0 radical (unpaired) electrons. The van der Waals surface area contributed by atoms with Crippen LogP contribution in [-0.4, -0.2) is 22.3 Å². The van der Waals surface area contributed by atoms with E-state index >= 15 is 0 Å². The molecule has 3 N–H and O–H groups in total. The third-order valence-corrected chi connectivity index (χ3v) is 2.98. The summed E-state index contributed by atoms with van der Waals surface area (Å²) in [5.74, 6) is -0.716. The molecule has 3 amide bonds. The summed E-state index contributed by atoms with van der Waals surface area (Å²) in [5, 5.41) is 1.89. The second-order valence-electron chi connectivity index (χ2n) is 4.31. The molecule has 0 saturated carbocycles. The van der Waals surface area contributed by atoms with Crippen LogP contribution in [0, 0.1) is 0 Å². The molecule has 1 aliphatic carbocycles. The summed E-state index contributed by atoms with van der Waals surface area (Å²) < 4.78 is 1.21. The lowest BCUT2D eigenvalue weighted by Gasteiger charge is -2.19. The molecule has 0 saturated heterocycles. The topological polar surface area (TPSA) is 111 Å². The Kier molecular flexibility index (Phi) is 3.46. The van der Waals surface area contributed by atoms with Crippen molar-refractivity contribution in [2.45, 2.75) is 25.8 Å². The number of Topliss-reactive ketones (excluding diaryl/α,β-unsaturated/α-hetero) is 1. The second kappa shape index (κ2) is 5.05. The molecule has 19 heavy (non-hydrogen) atoms. The van der Waals surface area contributed by atoms with Gasteiger partial charge in [0.1, 0.15) is 6.54 Å². The minimum atomic E-state index is -0.973. The molecule has 100 valence electrons. The van der Waals surface area contributed by atoms with Gasteiger partial charge < -0.3 is 10.3 Å². The Bertz CT molecular complexity index is 618. The van der Waals surface area contributed by atoms with Gasteiger partial charge in [0.15, 0.2) is 5.78 Å². The van der Waals surface area contributed by atoms with Crippen LogP contribution in [0.4, 0.5) is 4.79 Å². The largest absolute Gasteiger partial charge is 0.351 e. The summed E-state index contributed by atoms with van der Waals surface area (Å²) in [6.07, 6.45) is 1.65. The average molecular weight is 263 g/mol. The first kappa shape index (κ1) is 13.0. The molecule has 0 spiro atoms. The van der Waals surface area contributed by atoms with Gasteiger partial charge in [-0.15, -0.1) is 0 Å². The normalized spacial score (nSPS) is 13.8. The number of primary amides is 1. The summed E-state index contributed by atoms with van der Waals surface area (Å²) in [4.78, 5) is 45.6. The number of hydrogen-bond acceptors (Lipinski definition) is 4. The number of amides is 3. The van der Waals surface area contributed by atoms with Crippen LogP contribution < -0.4 is 16.6 Å². The van der Waals surface area contributed by atoms with E-state index in [1.165, 1.54) is 16.7 Å². The van der Waals surface area contributed by atoms with Crippen molar-refractivity contribution in [1.82, 2.24) is 9.88 Å². The van der Waals surface area contributed by atoms with Gasteiger partial charge in [0.2, 0.25) is 5.91 Å². The number of carbonyl (C=O) groups excluding carboxylic acids is 3. The summed E-state index contributed by atoms with van der Waals surface area (Å²) in [6.45, 7) is -0.321. The number of pyridine rings is 1. The van der Waals surface area contributed by atoms with Crippen LogP contribution in [0.5, 0.6) is 0 Å². The predicted molar refractivity (Wildman–Crippen MR) is 65.7 cm³/mol. The Balaban J connectivity index is 2.37. The molecule has 2 rings (SSSR count). The standard InChI is InChI=1S/C12H13N3O4/c13-12(19)14-10(17)6-15-8-2-1-3-9(16)7(8)4-5-11(15)18/h4-5H,1-3,6H2,(H3,13,14,17,19). The maximum Gasteiger partial charge on any atom is 0.318 e. The minimum Gasteiger partial charge on any atom is -0.351 e. The fourth-order valence-electron chi connectivity index (χ4n) is 2.19. The van der Waals surface area contributed by atoms with E-state index in [0.717, 1.165) is 0 Å².